The van der Waals surface area contributed by atoms with Gasteiger partial charge in [-0.1, -0.05) is 253 Å². The van der Waals surface area contributed by atoms with Crippen molar-refractivity contribution in [1.29, 1.82) is 0 Å². The fourth-order valence-electron chi connectivity index (χ4n) is 15.9. The molecule has 17 aromatic rings. The highest BCUT2D eigenvalue weighted by atomic mass is 32.2. The summed E-state index contributed by atoms with van der Waals surface area (Å²) >= 11 is 3.74. The molecule has 5 nitrogen and oxygen atoms in total. The van der Waals surface area contributed by atoms with Gasteiger partial charge in [0.25, 0.3) is 0 Å². The lowest BCUT2D eigenvalue weighted by Crippen LogP contribution is -2.64. The quantitative estimate of drug-likeness (QED) is 0.154. The van der Waals surface area contributed by atoms with E-state index in [1.165, 1.54) is 58.6 Å². The summed E-state index contributed by atoms with van der Waals surface area (Å²) in [6, 6.07) is 107. The molecule has 21 rings (SSSR count). The van der Waals surface area contributed by atoms with Gasteiger partial charge in [-0.05, 0) is 122 Å². The monoisotopic (exact) mass is 1220 g/mol. The number of anilines is 6. The van der Waals surface area contributed by atoms with Gasteiger partial charge in [0.05, 0.1) is 16.3 Å². The van der Waals surface area contributed by atoms with Crippen molar-refractivity contribution in [1.82, 2.24) is 0 Å². The van der Waals surface area contributed by atoms with E-state index in [1.54, 1.807) is 0 Å². The van der Waals surface area contributed by atoms with Gasteiger partial charge >= 0.3 is 0 Å². The molecule has 0 radical (unpaired) electrons. The largest absolute Gasteiger partial charge is 0.456 e. The first-order chi connectivity index (χ1) is 46.1. The number of benzene rings is 14. The molecule has 0 fully saturated rings. The van der Waals surface area contributed by atoms with E-state index in [2.05, 4.69) is 295 Å². The standard InChI is InChI=1S/C84H48B2N2O3S2/c1-4-20-49(21-5-1)53-36-39-62-77(44-53)92-84-79-60-30-14-19-35-74(60)90-76(79)48-71-81(84)85(62)64-46-65-69(47-68(64)88(71)67-32-16-11-27-56(67)51-24-8-3-9-25-51)87(66-31-15-10-26-55(66)50-22-6-2-7-23-50)70-43-54(52-37-41-75-61(42-52)58-29-13-17-33-72(58)89-75)45-78-80(70)86(65)63-40-38-59-57-28-12-18-34-73(57)91-82(59)83(63)93-78/h1-48H. The van der Waals surface area contributed by atoms with E-state index < -0.39 is 0 Å². The molecule has 14 aromatic carbocycles. The number of hydrogen-bond donors (Lipinski definition) is 0. The van der Waals surface area contributed by atoms with E-state index >= 15 is 0 Å². The average molecular weight is 1220 g/mol. The van der Waals surface area contributed by atoms with Crippen LogP contribution < -0.4 is 42.6 Å². The third kappa shape index (κ3) is 7.52. The molecule has 3 aromatic heterocycles. The molecule has 0 N–H and O–H groups in total. The molecule has 9 heteroatoms. The molecule has 4 aliphatic rings. The van der Waals surface area contributed by atoms with Gasteiger partial charge in [-0.15, -0.1) is 0 Å². The van der Waals surface area contributed by atoms with Crippen molar-refractivity contribution in [2.75, 3.05) is 9.80 Å². The van der Waals surface area contributed by atoms with Gasteiger partial charge in [0, 0.05) is 86.9 Å². The molecule has 0 saturated carbocycles. The fourth-order valence-corrected chi connectivity index (χ4v) is 18.6. The Morgan fingerprint density at radius 1 is 0.258 bits per heavy atom. The Kier molecular flexibility index (Phi) is 10.9. The third-order valence-corrected chi connectivity index (χ3v) is 22.3. The van der Waals surface area contributed by atoms with Crippen LogP contribution in [0.2, 0.25) is 0 Å². The number of nitrogens with zero attached hydrogens (tertiary/aromatic N) is 2. The minimum Gasteiger partial charge on any atom is -0.456 e. The van der Waals surface area contributed by atoms with Crippen molar-refractivity contribution in [2.45, 2.75) is 19.6 Å². The Labute approximate surface area is 544 Å². The first-order valence-electron chi connectivity index (χ1n) is 31.8. The van der Waals surface area contributed by atoms with Crippen LogP contribution in [0.15, 0.2) is 324 Å². The van der Waals surface area contributed by atoms with E-state index in [9.17, 15) is 0 Å². The van der Waals surface area contributed by atoms with Crippen LogP contribution in [-0.4, -0.2) is 13.4 Å². The van der Waals surface area contributed by atoms with Crippen molar-refractivity contribution in [2.24, 2.45) is 0 Å². The Morgan fingerprint density at radius 3 is 1.46 bits per heavy atom. The Balaban J connectivity index is 0.911. The predicted molar refractivity (Wildman–Crippen MR) is 390 cm³/mol. The normalized spacial score (nSPS) is 13.4. The molecule has 0 unspecified atom stereocenters. The fraction of sp³-hybridized carbons (Fsp3) is 0. The molecule has 0 aliphatic carbocycles. The first-order valence-corrected chi connectivity index (χ1v) is 33.4. The molecular weight excluding hydrogens is 1170 g/mol. The molecule has 4 aliphatic heterocycles. The zero-order chi connectivity index (χ0) is 60.6. The molecule has 0 bridgehead atoms. The second-order valence-electron chi connectivity index (χ2n) is 24.9. The van der Waals surface area contributed by atoms with Gasteiger partial charge in [0.15, 0.2) is 0 Å². The minimum absolute atomic E-state index is 0.174. The van der Waals surface area contributed by atoms with Crippen molar-refractivity contribution in [3.8, 4) is 44.5 Å². The summed E-state index contributed by atoms with van der Waals surface area (Å²) in [6.07, 6.45) is 0. The van der Waals surface area contributed by atoms with Crippen LogP contribution in [-0.2, 0) is 0 Å². The van der Waals surface area contributed by atoms with Crippen molar-refractivity contribution < 1.29 is 13.3 Å². The Hall–Kier alpha value is -11.1. The molecule has 0 saturated heterocycles. The lowest BCUT2D eigenvalue weighted by Gasteiger charge is -2.45. The molecule has 430 valence electrons. The zero-order valence-corrected chi connectivity index (χ0v) is 51.4. The second kappa shape index (κ2) is 19.7. The predicted octanol–water partition coefficient (Wildman–Crippen LogP) is 19.6. The van der Waals surface area contributed by atoms with Crippen LogP contribution in [0, 0.1) is 0 Å². The highest BCUT2D eigenvalue weighted by Gasteiger charge is 2.48. The lowest BCUT2D eigenvalue weighted by atomic mass is 9.31. The number of furan rings is 3. The van der Waals surface area contributed by atoms with Gasteiger partial charge in [-0.25, -0.2) is 0 Å². The smallest absolute Gasteiger partial charge is 0.249 e. The first kappa shape index (κ1) is 51.6. The molecule has 93 heavy (non-hydrogen) atoms. The maximum atomic E-state index is 7.12. The highest BCUT2D eigenvalue weighted by Crippen LogP contribution is 2.53. The highest BCUT2D eigenvalue weighted by molar-refractivity contribution is 8.00. The van der Waals surface area contributed by atoms with Gasteiger partial charge in [0.1, 0.15) is 33.5 Å². The summed E-state index contributed by atoms with van der Waals surface area (Å²) in [4.78, 5) is 10.0. The van der Waals surface area contributed by atoms with Gasteiger partial charge in [-0.3, -0.25) is 0 Å². The molecule has 0 atom stereocenters. The van der Waals surface area contributed by atoms with E-state index in [0.29, 0.717) is 0 Å². The maximum absolute atomic E-state index is 7.12. The second-order valence-corrected chi connectivity index (χ2v) is 27.0. The third-order valence-electron chi connectivity index (χ3n) is 20.0. The number of hydrogen-bond acceptors (Lipinski definition) is 7. The summed E-state index contributed by atoms with van der Waals surface area (Å²) < 4.78 is 20.7. The molecule has 7 heterocycles. The van der Waals surface area contributed by atoms with Crippen LogP contribution in [0.4, 0.5) is 34.1 Å². The minimum atomic E-state index is -0.206. The summed E-state index contributed by atoms with van der Waals surface area (Å²) in [6.45, 7) is -0.380. The van der Waals surface area contributed by atoms with Crippen LogP contribution in [0.5, 0.6) is 0 Å². The topological polar surface area (TPSA) is 45.9 Å². The molecule has 0 amide bonds. The zero-order valence-electron chi connectivity index (χ0n) is 49.8. The summed E-state index contributed by atoms with van der Waals surface area (Å²) in [5.41, 5.74) is 28.7. The van der Waals surface area contributed by atoms with E-state index in [1.807, 2.05) is 29.6 Å². The summed E-state index contributed by atoms with van der Waals surface area (Å²) in [7, 11) is 0. The number of para-hydroxylation sites is 5. The Morgan fingerprint density at radius 2 is 0.763 bits per heavy atom. The van der Waals surface area contributed by atoms with Gasteiger partial charge in [-0.2, -0.15) is 0 Å². The molecular formula is C84H48B2N2O3S2. The van der Waals surface area contributed by atoms with Crippen molar-refractivity contribution >= 4 is 170 Å². The van der Waals surface area contributed by atoms with Crippen LogP contribution in [0.1, 0.15) is 0 Å². The van der Waals surface area contributed by atoms with E-state index in [0.717, 1.165) is 138 Å². The van der Waals surface area contributed by atoms with Gasteiger partial charge in [0.2, 0.25) is 13.4 Å². The lowest BCUT2D eigenvalue weighted by molar-refractivity contribution is 0.661. The van der Waals surface area contributed by atoms with E-state index in [-0.39, 0.29) is 13.4 Å². The average Bonchev–Trinajstić information content (AvgIpc) is 1.40. The van der Waals surface area contributed by atoms with Gasteiger partial charge < -0.3 is 23.1 Å². The number of fused-ring (bicyclic) bond motifs is 19. The van der Waals surface area contributed by atoms with Crippen LogP contribution >= 0.6 is 23.5 Å². The summed E-state index contributed by atoms with van der Waals surface area (Å²) in [5, 5.41) is 6.71. The summed E-state index contributed by atoms with van der Waals surface area (Å²) in [5.74, 6) is 0. The van der Waals surface area contributed by atoms with Crippen LogP contribution in [0.25, 0.3) is 110 Å². The van der Waals surface area contributed by atoms with Crippen molar-refractivity contribution in [3.63, 3.8) is 0 Å². The molecule has 0 spiro atoms. The SMILES string of the molecule is c1ccc(-c2ccc3c(c2)Sc2c4c(cc5oc6ccccc6c25)N(c2ccccc2-c2ccccc2)c2cc5c(cc2B34)B2c3ccc4c(oc6ccccc64)c3Sc3cc(-c4ccc6oc7ccccc7c6c4)cc(c32)N5c2ccccc2-c2ccccc2)cc1. The van der Waals surface area contributed by atoms with E-state index in [4.69, 9.17) is 13.3 Å². The van der Waals surface area contributed by atoms with Crippen molar-refractivity contribution in [3.05, 3.63) is 291 Å². The maximum Gasteiger partial charge on any atom is 0.249 e. The number of rotatable bonds is 6. The Bertz CT molecular complexity index is 6060. The van der Waals surface area contributed by atoms with Crippen LogP contribution in [0.3, 0.4) is 0 Å².